The Hall–Kier alpha value is -2.54. The molecule has 0 unspecified atom stereocenters. The summed E-state index contributed by atoms with van der Waals surface area (Å²) < 4.78 is 26.0. The number of hydrogen-bond acceptors (Lipinski definition) is 4. The number of aryl methyl sites for hydroxylation is 2. The van der Waals surface area contributed by atoms with Crippen molar-refractivity contribution < 1.29 is 13.9 Å². The SMILES string of the molecule is Cc1ccc2c3c(ccc2n1)OC[C@H](CNCC[C@@H]1CCc2[nH]c4ccc(F)cc4c2C1)O3.Cl.Cl. The highest BCUT2D eigenvalue weighted by molar-refractivity contribution is 5.88. The Bertz CT molecular complexity index is 1340. The maximum absolute atomic E-state index is 13.8. The van der Waals surface area contributed by atoms with Crippen LogP contribution < -0.4 is 14.8 Å². The van der Waals surface area contributed by atoms with Gasteiger partial charge in [0.15, 0.2) is 11.5 Å². The summed E-state index contributed by atoms with van der Waals surface area (Å²) in [6.07, 6.45) is 4.28. The lowest BCUT2D eigenvalue weighted by Crippen LogP contribution is -2.39. The van der Waals surface area contributed by atoms with Gasteiger partial charge in [-0.05, 0) is 93.1 Å². The Balaban J connectivity index is 0.00000144. The molecule has 0 spiro atoms. The first-order chi connectivity index (χ1) is 16.1. The minimum Gasteiger partial charge on any atom is -0.486 e. The van der Waals surface area contributed by atoms with E-state index in [4.69, 9.17) is 9.47 Å². The van der Waals surface area contributed by atoms with E-state index in [9.17, 15) is 4.39 Å². The van der Waals surface area contributed by atoms with Crippen molar-refractivity contribution in [2.24, 2.45) is 5.92 Å². The molecule has 2 atom stereocenters. The van der Waals surface area contributed by atoms with Crippen molar-refractivity contribution in [1.29, 1.82) is 0 Å². The van der Waals surface area contributed by atoms with E-state index in [2.05, 4.69) is 21.4 Å². The Morgan fingerprint density at radius 2 is 2.00 bits per heavy atom. The summed E-state index contributed by atoms with van der Waals surface area (Å²) in [5.41, 5.74) is 5.55. The first-order valence-electron chi connectivity index (χ1n) is 11.8. The molecule has 0 bridgehead atoms. The minimum atomic E-state index is -0.164. The Labute approximate surface area is 216 Å². The molecule has 0 saturated carbocycles. The van der Waals surface area contributed by atoms with Crippen LogP contribution in [0.3, 0.4) is 0 Å². The number of aromatic nitrogens is 2. The number of halogens is 3. The number of aromatic amines is 1. The van der Waals surface area contributed by atoms with Crippen molar-refractivity contribution in [3.63, 3.8) is 0 Å². The highest BCUT2D eigenvalue weighted by atomic mass is 35.5. The van der Waals surface area contributed by atoms with Crippen molar-refractivity contribution in [3.8, 4) is 11.5 Å². The van der Waals surface area contributed by atoms with Crippen LogP contribution in [0.5, 0.6) is 11.5 Å². The predicted octanol–water partition coefficient (Wildman–Crippen LogP) is 5.93. The second-order valence-electron chi connectivity index (χ2n) is 9.34. The zero-order valence-electron chi connectivity index (χ0n) is 19.6. The molecule has 0 fully saturated rings. The van der Waals surface area contributed by atoms with Gasteiger partial charge in [0.25, 0.3) is 0 Å². The molecule has 1 aliphatic carbocycles. The van der Waals surface area contributed by atoms with Gasteiger partial charge >= 0.3 is 0 Å². The average Bonchev–Trinajstić information content (AvgIpc) is 3.18. The fourth-order valence-electron chi connectivity index (χ4n) is 5.26. The van der Waals surface area contributed by atoms with Gasteiger partial charge in [-0.25, -0.2) is 4.39 Å². The Kier molecular flexibility index (Phi) is 7.74. The number of fused-ring (bicyclic) bond motifs is 6. The lowest BCUT2D eigenvalue weighted by molar-refractivity contribution is 0.0922. The molecule has 1 aliphatic heterocycles. The molecule has 8 heteroatoms. The normalized spacial score (nSPS) is 18.6. The smallest absolute Gasteiger partial charge is 0.171 e. The van der Waals surface area contributed by atoms with E-state index >= 15 is 0 Å². The lowest BCUT2D eigenvalue weighted by atomic mass is 9.84. The number of nitrogens with one attached hydrogen (secondary N) is 2. The molecule has 2 aromatic carbocycles. The second-order valence-corrected chi connectivity index (χ2v) is 9.34. The highest BCUT2D eigenvalue weighted by Crippen LogP contribution is 2.38. The summed E-state index contributed by atoms with van der Waals surface area (Å²) in [5.74, 6) is 2.03. The van der Waals surface area contributed by atoms with Crippen molar-refractivity contribution in [2.45, 2.75) is 38.7 Å². The molecule has 0 saturated heterocycles. The molecule has 35 heavy (non-hydrogen) atoms. The van der Waals surface area contributed by atoms with Crippen molar-refractivity contribution >= 4 is 46.6 Å². The molecular formula is C27H30Cl2FN3O2. The molecule has 2 aliphatic rings. The maximum atomic E-state index is 13.8. The summed E-state index contributed by atoms with van der Waals surface area (Å²) in [4.78, 5) is 8.08. The van der Waals surface area contributed by atoms with Crippen LogP contribution in [0, 0.1) is 18.7 Å². The second kappa shape index (κ2) is 10.6. The number of pyridine rings is 1. The number of H-pyrrole nitrogens is 1. The van der Waals surface area contributed by atoms with Gasteiger partial charge in [0, 0.05) is 34.2 Å². The van der Waals surface area contributed by atoms with Crippen LogP contribution >= 0.6 is 24.8 Å². The Morgan fingerprint density at radius 3 is 2.89 bits per heavy atom. The van der Waals surface area contributed by atoms with E-state index in [1.807, 2.05) is 31.2 Å². The number of rotatable bonds is 5. The Morgan fingerprint density at radius 1 is 1.11 bits per heavy atom. The van der Waals surface area contributed by atoms with Gasteiger partial charge in [0.2, 0.25) is 0 Å². The van der Waals surface area contributed by atoms with Gasteiger partial charge in [-0.2, -0.15) is 0 Å². The van der Waals surface area contributed by atoms with Gasteiger partial charge in [0.05, 0.1) is 5.52 Å². The van der Waals surface area contributed by atoms with Gasteiger partial charge in [-0.1, -0.05) is 0 Å². The van der Waals surface area contributed by atoms with Gasteiger partial charge in [-0.3, -0.25) is 4.98 Å². The molecule has 4 aromatic rings. The van der Waals surface area contributed by atoms with Gasteiger partial charge < -0.3 is 19.8 Å². The first kappa shape index (κ1) is 25.5. The van der Waals surface area contributed by atoms with Crippen molar-refractivity contribution in [3.05, 3.63) is 65.2 Å². The van der Waals surface area contributed by atoms with Crippen LogP contribution in [0.2, 0.25) is 0 Å². The predicted molar refractivity (Wildman–Crippen MR) is 142 cm³/mol. The summed E-state index contributed by atoms with van der Waals surface area (Å²) >= 11 is 0. The van der Waals surface area contributed by atoms with Gasteiger partial charge in [-0.15, -0.1) is 24.8 Å². The third-order valence-electron chi connectivity index (χ3n) is 6.99. The van der Waals surface area contributed by atoms with Crippen LogP contribution in [0.4, 0.5) is 4.39 Å². The minimum absolute atomic E-state index is 0. The summed E-state index contributed by atoms with van der Waals surface area (Å²) in [6.45, 7) is 4.20. The van der Waals surface area contributed by atoms with E-state index < -0.39 is 0 Å². The fraction of sp³-hybridized carbons (Fsp3) is 0.370. The van der Waals surface area contributed by atoms with E-state index in [0.717, 1.165) is 71.4 Å². The van der Waals surface area contributed by atoms with Crippen molar-refractivity contribution in [1.82, 2.24) is 15.3 Å². The summed E-state index contributed by atoms with van der Waals surface area (Å²) in [6, 6.07) is 13.0. The number of ether oxygens (including phenoxy) is 2. The standard InChI is InChI=1S/C27H28FN3O2.2ClH/c1-16-2-5-20-23(30-16)8-9-26-27(20)33-19(15-32-26)14-29-11-10-17-3-6-24-21(12-17)22-13-18(28)4-7-25(22)31-24;;/h2,4-5,7-9,13,17,19,29,31H,3,6,10-12,14-15H2,1H3;2*1H/t17-,19-;;/m0../s1. The zero-order valence-corrected chi connectivity index (χ0v) is 21.2. The van der Waals surface area contributed by atoms with Crippen LogP contribution in [0.25, 0.3) is 21.8 Å². The van der Waals surface area contributed by atoms with E-state index in [0.29, 0.717) is 12.5 Å². The molecular weight excluding hydrogens is 488 g/mol. The average molecular weight is 518 g/mol. The molecule has 6 rings (SSSR count). The molecule has 2 N–H and O–H groups in total. The maximum Gasteiger partial charge on any atom is 0.171 e. The molecule has 3 heterocycles. The quantitative estimate of drug-likeness (QED) is 0.322. The largest absolute Gasteiger partial charge is 0.486 e. The monoisotopic (exact) mass is 517 g/mol. The van der Waals surface area contributed by atoms with Crippen LogP contribution in [-0.2, 0) is 12.8 Å². The van der Waals surface area contributed by atoms with Crippen LogP contribution in [0.1, 0.15) is 29.8 Å². The first-order valence-corrected chi connectivity index (χ1v) is 11.8. The molecule has 5 nitrogen and oxygen atoms in total. The van der Waals surface area contributed by atoms with E-state index in [-0.39, 0.29) is 36.7 Å². The number of nitrogens with zero attached hydrogens (tertiary/aromatic N) is 1. The number of hydrogen-bond donors (Lipinski definition) is 2. The molecule has 0 radical (unpaired) electrons. The topological polar surface area (TPSA) is 59.2 Å². The third-order valence-corrected chi connectivity index (χ3v) is 6.99. The van der Waals surface area contributed by atoms with Crippen molar-refractivity contribution in [2.75, 3.05) is 19.7 Å². The summed E-state index contributed by atoms with van der Waals surface area (Å²) in [7, 11) is 0. The number of benzene rings is 2. The van der Waals surface area contributed by atoms with E-state index in [1.54, 1.807) is 6.07 Å². The van der Waals surface area contributed by atoms with Crippen LogP contribution in [0.15, 0.2) is 42.5 Å². The zero-order chi connectivity index (χ0) is 22.4. The third kappa shape index (κ3) is 5.06. The van der Waals surface area contributed by atoms with E-state index in [1.165, 1.54) is 23.7 Å². The molecule has 2 aromatic heterocycles. The molecule has 186 valence electrons. The molecule has 0 amide bonds. The summed E-state index contributed by atoms with van der Waals surface area (Å²) in [5, 5.41) is 5.61. The van der Waals surface area contributed by atoms with Crippen LogP contribution in [-0.4, -0.2) is 35.8 Å². The van der Waals surface area contributed by atoms with Gasteiger partial charge in [0.1, 0.15) is 18.5 Å². The lowest BCUT2D eigenvalue weighted by Gasteiger charge is -2.28. The fourth-order valence-corrected chi connectivity index (χ4v) is 5.26. The highest BCUT2D eigenvalue weighted by Gasteiger charge is 2.25.